The predicted molar refractivity (Wildman–Crippen MR) is 94.7 cm³/mol. The zero-order valence-electron chi connectivity index (χ0n) is 14.1. The van der Waals surface area contributed by atoms with Crippen molar-refractivity contribution in [1.82, 2.24) is 14.9 Å². The van der Waals surface area contributed by atoms with Gasteiger partial charge in [0.2, 0.25) is 5.91 Å². The van der Waals surface area contributed by atoms with Gasteiger partial charge in [-0.1, -0.05) is 6.07 Å². The molecule has 0 spiro atoms. The molecule has 0 bridgehead atoms. The number of pyridine rings is 2. The smallest absolute Gasteiger partial charge is 0.228 e. The Kier molecular flexibility index (Phi) is 5.54. The van der Waals surface area contributed by atoms with Crippen molar-refractivity contribution in [2.24, 2.45) is 5.92 Å². The number of carbonyl (C=O) groups is 1. The summed E-state index contributed by atoms with van der Waals surface area (Å²) in [5.74, 6) is 0.839. The maximum Gasteiger partial charge on any atom is 0.228 e. The Morgan fingerprint density at radius 2 is 1.96 bits per heavy atom. The minimum Gasteiger partial charge on any atom is -0.310 e. The lowest BCUT2D eigenvalue weighted by molar-refractivity contribution is -0.121. The van der Waals surface area contributed by atoms with E-state index in [1.165, 1.54) is 5.56 Å². The van der Waals surface area contributed by atoms with E-state index in [0.29, 0.717) is 5.82 Å². The number of amides is 1. The van der Waals surface area contributed by atoms with Gasteiger partial charge in [-0.3, -0.25) is 9.78 Å². The van der Waals surface area contributed by atoms with Crippen LogP contribution in [0.4, 0.5) is 5.82 Å². The third-order valence-electron chi connectivity index (χ3n) is 4.56. The van der Waals surface area contributed by atoms with Crippen LogP contribution < -0.4 is 5.32 Å². The molecular weight excluding hydrogens is 300 g/mol. The first kappa shape index (κ1) is 16.6. The molecular formula is C19H24N4O. The van der Waals surface area contributed by atoms with Crippen LogP contribution in [0.25, 0.3) is 0 Å². The first-order chi connectivity index (χ1) is 11.7. The Bertz CT molecular complexity index is 666. The molecule has 3 rings (SSSR count). The third kappa shape index (κ3) is 4.61. The minimum atomic E-state index is 0.0875. The van der Waals surface area contributed by atoms with Gasteiger partial charge in [-0.2, -0.15) is 0 Å². The summed E-state index contributed by atoms with van der Waals surface area (Å²) in [5.41, 5.74) is 2.23. The van der Waals surface area contributed by atoms with E-state index in [1.807, 2.05) is 37.5 Å². The normalized spacial score (nSPS) is 16.0. The number of likely N-dealkylation sites (tertiary alicyclic amines) is 1. The first-order valence-corrected chi connectivity index (χ1v) is 8.56. The molecule has 5 heteroatoms. The molecule has 0 unspecified atom stereocenters. The van der Waals surface area contributed by atoms with E-state index >= 15 is 0 Å². The van der Waals surface area contributed by atoms with Gasteiger partial charge in [0.15, 0.2) is 0 Å². The number of aryl methyl sites for hydroxylation is 1. The summed E-state index contributed by atoms with van der Waals surface area (Å²) < 4.78 is 0. The van der Waals surface area contributed by atoms with Crippen LogP contribution in [0, 0.1) is 12.8 Å². The van der Waals surface area contributed by atoms with Gasteiger partial charge in [0.25, 0.3) is 0 Å². The summed E-state index contributed by atoms with van der Waals surface area (Å²) in [6.45, 7) is 4.92. The Morgan fingerprint density at radius 3 is 2.67 bits per heavy atom. The summed E-state index contributed by atoms with van der Waals surface area (Å²) in [4.78, 5) is 23.2. The molecule has 0 atom stereocenters. The highest BCUT2D eigenvalue weighted by molar-refractivity contribution is 5.91. The molecule has 1 amide bonds. The Balaban J connectivity index is 1.43. The van der Waals surface area contributed by atoms with Gasteiger partial charge in [-0.05, 0) is 69.1 Å². The average molecular weight is 324 g/mol. The number of piperidine rings is 1. The number of nitrogens with zero attached hydrogens (tertiary/aromatic N) is 3. The lowest BCUT2D eigenvalue weighted by atomic mass is 9.95. The molecule has 0 aromatic carbocycles. The standard InChI is InChI=1S/C19H24N4O/c1-15-3-2-4-18(21-15)22-19(24)17-8-13-23(14-9-17)12-7-16-5-10-20-11-6-16/h2-6,10-11,17H,7-9,12-14H2,1H3,(H,21,22,24). The Labute approximate surface area is 143 Å². The molecule has 1 aliphatic heterocycles. The van der Waals surface area contributed by atoms with Crippen molar-refractivity contribution in [2.75, 3.05) is 25.0 Å². The van der Waals surface area contributed by atoms with Gasteiger partial charge in [0.05, 0.1) is 0 Å². The SMILES string of the molecule is Cc1cccc(NC(=O)C2CCN(CCc3ccncc3)CC2)n1. The lowest BCUT2D eigenvalue weighted by Crippen LogP contribution is -2.39. The van der Waals surface area contributed by atoms with Gasteiger partial charge in [0, 0.05) is 30.6 Å². The topological polar surface area (TPSA) is 58.1 Å². The zero-order chi connectivity index (χ0) is 16.8. The van der Waals surface area contributed by atoms with Crippen molar-refractivity contribution >= 4 is 11.7 Å². The van der Waals surface area contributed by atoms with Crippen LogP contribution in [-0.2, 0) is 11.2 Å². The van der Waals surface area contributed by atoms with E-state index in [-0.39, 0.29) is 11.8 Å². The van der Waals surface area contributed by atoms with Gasteiger partial charge in [-0.25, -0.2) is 4.98 Å². The monoisotopic (exact) mass is 324 g/mol. The van der Waals surface area contributed by atoms with Crippen LogP contribution >= 0.6 is 0 Å². The van der Waals surface area contributed by atoms with Crippen LogP contribution in [0.5, 0.6) is 0 Å². The summed E-state index contributed by atoms with van der Waals surface area (Å²) in [5, 5.41) is 2.95. The Hall–Kier alpha value is -2.27. The molecule has 1 saturated heterocycles. The zero-order valence-corrected chi connectivity index (χ0v) is 14.1. The fourth-order valence-corrected chi connectivity index (χ4v) is 3.10. The van der Waals surface area contributed by atoms with E-state index < -0.39 is 0 Å². The maximum atomic E-state index is 12.4. The molecule has 1 fully saturated rings. The number of rotatable bonds is 5. The first-order valence-electron chi connectivity index (χ1n) is 8.56. The summed E-state index contributed by atoms with van der Waals surface area (Å²) >= 11 is 0. The highest BCUT2D eigenvalue weighted by Crippen LogP contribution is 2.19. The molecule has 3 heterocycles. The summed E-state index contributed by atoms with van der Waals surface area (Å²) in [6, 6.07) is 9.81. The van der Waals surface area contributed by atoms with Crippen molar-refractivity contribution in [3.63, 3.8) is 0 Å². The minimum absolute atomic E-state index is 0.0875. The summed E-state index contributed by atoms with van der Waals surface area (Å²) in [7, 11) is 0. The molecule has 126 valence electrons. The van der Waals surface area contributed by atoms with E-state index in [2.05, 4.69) is 32.3 Å². The van der Waals surface area contributed by atoms with Crippen molar-refractivity contribution in [3.05, 3.63) is 54.0 Å². The Morgan fingerprint density at radius 1 is 1.21 bits per heavy atom. The fourth-order valence-electron chi connectivity index (χ4n) is 3.10. The average Bonchev–Trinajstić information content (AvgIpc) is 2.61. The fraction of sp³-hybridized carbons (Fsp3) is 0.421. The molecule has 2 aromatic heterocycles. The van der Waals surface area contributed by atoms with Crippen LogP contribution in [0.2, 0.25) is 0 Å². The third-order valence-corrected chi connectivity index (χ3v) is 4.56. The second-order valence-corrected chi connectivity index (χ2v) is 6.37. The van der Waals surface area contributed by atoms with Gasteiger partial charge in [-0.15, -0.1) is 0 Å². The van der Waals surface area contributed by atoms with Crippen molar-refractivity contribution < 1.29 is 4.79 Å². The number of carbonyl (C=O) groups excluding carboxylic acids is 1. The molecule has 2 aromatic rings. The van der Waals surface area contributed by atoms with Crippen molar-refractivity contribution in [2.45, 2.75) is 26.2 Å². The highest BCUT2D eigenvalue weighted by atomic mass is 16.1. The van der Waals surface area contributed by atoms with E-state index in [0.717, 1.165) is 44.6 Å². The molecule has 0 saturated carbocycles. The second-order valence-electron chi connectivity index (χ2n) is 6.37. The largest absolute Gasteiger partial charge is 0.310 e. The van der Waals surface area contributed by atoms with Gasteiger partial charge in [0.1, 0.15) is 5.82 Å². The van der Waals surface area contributed by atoms with Crippen LogP contribution in [0.15, 0.2) is 42.7 Å². The number of nitrogens with one attached hydrogen (secondary N) is 1. The van der Waals surface area contributed by atoms with E-state index in [4.69, 9.17) is 0 Å². The van der Waals surface area contributed by atoms with Crippen LogP contribution in [0.1, 0.15) is 24.1 Å². The molecule has 0 aliphatic carbocycles. The molecule has 1 N–H and O–H groups in total. The van der Waals surface area contributed by atoms with Gasteiger partial charge < -0.3 is 10.2 Å². The molecule has 5 nitrogen and oxygen atoms in total. The predicted octanol–water partition coefficient (Wildman–Crippen LogP) is 2.68. The molecule has 1 aliphatic rings. The number of aromatic nitrogens is 2. The molecule has 0 radical (unpaired) electrons. The second kappa shape index (κ2) is 8.02. The number of anilines is 1. The van der Waals surface area contributed by atoms with Crippen LogP contribution in [-0.4, -0.2) is 40.4 Å². The van der Waals surface area contributed by atoms with Gasteiger partial charge >= 0.3 is 0 Å². The van der Waals surface area contributed by atoms with Crippen LogP contribution in [0.3, 0.4) is 0 Å². The lowest BCUT2D eigenvalue weighted by Gasteiger charge is -2.31. The quantitative estimate of drug-likeness (QED) is 0.919. The van der Waals surface area contributed by atoms with Crippen molar-refractivity contribution in [1.29, 1.82) is 0 Å². The maximum absolute atomic E-state index is 12.4. The van der Waals surface area contributed by atoms with E-state index in [9.17, 15) is 4.79 Å². The highest BCUT2D eigenvalue weighted by Gasteiger charge is 2.25. The number of hydrogen-bond donors (Lipinski definition) is 1. The molecule has 24 heavy (non-hydrogen) atoms. The van der Waals surface area contributed by atoms with Crippen molar-refractivity contribution in [3.8, 4) is 0 Å². The number of hydrogen-bond acceptors (Lipinski definition) is 4. The summed E-state index contributed by atoms with van der Waals surface area (Å²) in [6.07, 6.45) is 6.53. The van der Waals surface area contributed by atoms with E-state index in [1.54, 1.807) is 0 Å².